The molecule has 1 saturated heterocycles. The summed E-state index contributed by atoms with van der Waals surface area (Å²) in [7, 11) is -3.26. The van der Waals surface area contributed by atoms with Crippen molar-refractivity contribution in [3.05, 3.63) is 28.2 Å². The van der Waals surface area contributed by atoms with E-state index < -0.39 is 33.9 Å². The van der Waals surface area contributed by atoms with Gasteiger partial charge in [0, 0.05) is 18.1 Å². The normalized spacial score (nSPS) is 17.5. The Kier molecular flexibility index (Phi) is 6.90. The molecule has 1 heterocycles. The van der Waals surface area contributed by atoms with Crippen molar-refractivity contribution in [2.45, 2.75) is 25.9 Å². The highest BCUT2D eigenvalue weighted by atomic mass is 35.5. The molecule has 144 valence electrons. The summed E-state index contributed by atoms with van der Waals surface area (Å²) >= 11 is 11.8. The first-order valence-corrected chi connectivity index (χ1v) is 10.6. The summed E-state index contributed by atoms with van der Waals surface area (Å²) in [5.41, 5.74) is 0.366. The lowest BCUT2D eigenvalue weighted by atomic mass is 9.98. The predicted octanol–water partition coefficient (Wildman–Crippen LogP) is 2.54. The van der Waals surface area contributed by atoms with Crippen molar-refractivity contribution in [1.29, 1.82) is 0 Å². The van der Waals surface area contributed by atoms with Crippen LogP contribution in [-0.4, -0.2) is 50.0 Å². The van der Waals surface area contributed by atoms with E-state index in [1.807, 2.05) is 0 Å². The van der Waals surface area contributed by atoms with Gasteiger partial charge in [-0.2, -0.15) is 0 Å². The van der Waals surface area contributed by atoms with Gasteiger partial charge >= 0.3 is 5.97 Å². The number of halogens is 2. The van der Waals surface area contributed by atoms with Crippen LogP contribution in [0.15, 0.2) is 18.2 Å². The number of ether oxygens (including phenoxy) is 1. The maximum atomic E-state index is 12.2. The number of carbonyl (C=O) groups is 2. The lowest BCUT2D eigenvalue weighted by molar-refractivity contribution is -0.158. The Labute approximate surface area is 162 Å². The van der Waals surface area contributed by atoms with Gasteiger partial charge in [0.25, 0.3) is 5.91 Å². The molecule has 0 bridgehead atoms. The van der Waals surface area contributed by atoms with Gasteiger partial charge in [0.15, 0.2) is 6.10 Å². The molecular formula is C16H20Cl2N2O5S. The highest BCUT2D eigenvalue weighted by Crippen LogP contribution is 2.26. The van der Waals surface area contributed by atoms with Gasteiger partial charge in [0.1, 0.15) is 0 Å². The third kappa shape index (κ3) is 5.57. The molecule has 1 amide bonds. The second kappa shape index (κ2) is 8.56. The Morgan fingerprint density at radius 2 is 1.88 bits per heavy atom. The van der Waals surface area contributed by atoms with Crippen LogP contribution in [0.4, 0.5) is 5.69 Å². The third-order valence-corrected chi connectivity index (χ3v) is 5.96. The maximum absolute atomic E-state index is 12.2. The van der Waals surface area contributed by atoms with E-state index >= 15 is 0 Å². The number of benzene rings is 1. The quantitative estimate of drug-likeness (QED) is 0.735. The van der Waals surface area contributed by atoms with Crippen LogP contribution < -0.4 is 5.32 Å². The van der Waals surface area contributed by atoms with Crippen LogP contribution in [-0.2, 0) is 24.3 Å². The Bertz CT molecular complexity index is 792. The van der Waals surface area contributed by atoms with Gasteiger partial charge < -0.3 is 10.1 Å². The zero-order valence-electron chi connectivity index (χ0n) is 14.4. The number of hydrogen-bond donors (Lipinski definition) is 1. The number of esters is 1. The summed E-state index contributed by atoms with van der Waals surface area (Å²) in [4.78, 5) is 24.4. The van der Waals surface area contributed by atoms with Gasteiger partial charge in [-0.3, -0.25) is 9.59 Å². The summed E-state index contributed by atoms with van der Waals surface area (Å²) in [5.74, 6) is -1.46. The summed E-state index contributed by atoms with van der Waals surface area (Å²) in [6.45, 7) is 1.99. The molecule has 1 aliphatic rings. The fourth-order valence-corrected chi connectivity index (χ4v) is 3.90. The number of hydrogen-bond acceptors (Lipinski definition) is 5. The molecule has 26 heavy (non-hydrogen) atoms. The lowest BCUT2D eigenvalue weighted by Crippen LogP contribution is -2.41. The van der Waals surface area contributed by atoms with Crippen molar-refractivity contribution >= 4 is 50.8 Å². The number of amides is 1. The molecule has 0 aromatic heterocycles. The van der Waals surface area contributed by atoms with Crippen molar-refractivity contribution in [3.63, 3.8) is 0 Å². The molecule has 0 aliphatic carbocycles. The fourth-order valence-electron chi connectivity index (χ4n) is 2.57. The van der Waals surface area contributed by atoms with Crippen LogP contribution in [0.2, 0.25) is 10.0 Å². The van der Waals surface area contributed by atoms with E-state index in [1.165, 1.54) is 17.3 Å². The molecular weight excluding hydrogens is 403 g/mol. The summed E-state index contributed by atoms with van der Waals surface area (Å²) in [6.07, 6.45) is 0.856. The number of nitrogens with one attached hydrogen (secondary N) is 1. The first-order chi connectivity index (χ1) is 12.1. The Morgan fingerprint density at radius 1 is 1.27 bits per heavy atom. The molecule has 10 heteroatoms. The molecule has 2 rings (SSSR count). The summed E-state index contributed by atoms with van der Waals surface area (Å²) in [6, 6.07) is 4.62. The number of anilines is 1. The highest BCUT2D eigenvalue weighted by molar-refractivity contribution is 7.88. The first kappa shape index (κ1) is 21.0. The number of rotatable bonds is 5. The molecule has 1 aliphatic heterocycles. The monoisotopic (exact) mass is 422 g/mol. The average Bonchev–Trinajstić information content (AvgIpc) is 2.56. The predicted molar refractivity (Wildman–Crippen MR) is 99.8 cm³/mol. The molecule has 1 unspecified atom stereocenters. The van der Waals surface area contributed by atoms with Crippen LogP contribution in [0, 0.1) is 5.92 Å². The van der Waals surface area contributed by atoms with E-state index in [2.05, 4.69) is 5.32 Å². The SMILES string of the molecule is CC(OC(=O)C1CCN(S(C)(=O)=O)CC1)C(=O)Nc1ccc(Cl)cc1Cl. The fraction of sp³-hybridized carbons (Fsp3) is 0.500. The van der Waals surface area contributed by atoms with Gasteiger partial charge in [-0.05, 0) is 38.0 Å². The van der Waals surface area contributed by atoms with Gasteiger partial charge in [0.05, 0.1) is 22.9 Å². The van der Waals surface area contributed by atoms with Crippen LogP contribution in [0.3, 0.4) is 0 Å². The maximum Gasteiger partial charge on any atom is 0.309 e. The molecule has 1 fully saturated rings. The summed E-state index contributed by atoms with van der Waals surface area (Å²) < 4.78 is 29.5. The molecule has 1 atom stereocenters. The van der Waals surface area contributed by atoms with Crippen molar-refractivity contribution in [2.75, 3.05) is 24.7 Å². The van der Waals surface area contributed by atoms with Gasteiger partial charge in [-0.1, -0.05) is 23.2 Å². The molecule has 1 aromatic rings. The van der Waals surface area contributed by atoms with Gasteiger partial charge in [-0.15, -0.1) is 0 Å². The second-order valence-electron chi connectivity index (χ2n) is 6.13. The Morgan fingerprint density at radius 3 is 2.42 bits per heavy atom. The average molecular weight is 423 g/mol. The van der Waals surface area contributed by atoms with Crippen LogP contribution >= 0.6 is 23.2 Å². The summed E-state index contributed by atoms with van der Waals surface area (Å²) in [5, 5.41) is 3.29. The van der Waals surface area contributed by atoms with Crippen molar-refractivity contribution in [2.24, 2.45) is 5.92 Å². The van der Waals surface area contributed by atoms with Gasteiger partial charge in [-0.25, -0.2) is 12.7 Å². The molecule has 0 spiro atoms. The number of carbonyl (C=O) groups excluding carboxylic acids is 2. The topological polar surface area (TPSA) is 92.8 Å². The third-order valence-electron chi connectivity index (χ3n) is 4.11. The van der Waals surface area contributed by atoms with Crippen molar-refractivity contribution in [1.82, 2.24) is 4.31 Å². The van der Waals surface area contributed by atoms with Crippen LogP contribution in [0.5, 0.6) is 0 Å². The zero-order valence-corrected chi connectivity index (χ0v) is 16.7. The standard InChI is InChI=1S/C16H20Cl2N2O5S/c1-10(15(21)19-14-4-3-12(17)9-13(14)18)25-16(22)11-5-7-20(8-6-11)26(2,23)24/h3-4,9-11H,5-8H2,1-2H3,(H,19,21). The molecule has 0 saturated carbocycles. The second-order valence-corrected chi connectivity index (χ2v) is 8.95. The highest BCUT2D eigenvalue weighted by Gasteiger charge is 2.31. The molecule has 7 nitrogen and oxygen atoms in total. The minimum atomic E-state index is -3.26. The van der Waals surface area contributed by atoms with Gasteiger partial charge in [0.2, 0.25) is 10.0 Å². The Balaban J connectivity index is 1.87. The van der Waals surface area contributed by atoms with E-state index in [-0.39, 0.29) is 18.1 Å². The largest absolute Gasteiger partial charge is 0.452 e. The van der Waals surface area contributed by atoms with Crippen molar-refractivity contribution in [3.8, 4) is 0 Å². The smallest absolute Gasteiger partial charge is 0.309 e. The Hall–Kier alpha value is -1.35. The van der Waals surface area contributed by atoms with Crippen molar-refractivity contribution < 1.29 is 22.7 Å². The van der Waals surface area contributed by atoms with E-state index in [9.17, 15) is 18.0 Å². The minimum absolute atomic E-state index is 0.263. The molecule has 0 radical (unpaired) electrons. The minimum Gasteiger partial charge on any atom is -0.452 e. The molecule has 1 aromatic carbocycles. The van der Waals surface area contributed by atoms with E-state index in [1.54, 1.807) is 12.1 Å². The first-order valence-electron chi connectivity index (χ1n) is 7.99. The number of nitrogens with zero attached hydrogens (tertiary/aromatic N) is 1. The van der Waals surface area contributed by atoms with E-state index in [4.69, 9.17) is 27.9 Å². The van der Waals surface area contributed by atoms with Crippen LogP contribution in [0.1, 0.15) is 19.8 Å². The molecule has 1 N–H and O–H groups in total. The van der Waals surface area contributed by atoms with Crippen LogP contribution in [0.25, 0.3) is 0 Å². The number of piperidine rings is 1. The van der Waals surface area contributed by atoms with E-state index in [0.717, 1.165) is 6.26 Å². The number of sulfonamides is 1. The lowest BCUT2D eigenvalue weighted by Gasteiger charge is -2.29. The zero-order chi connectivity index (χ0) is 19.5. The van der Waals surface area contributed by atoms with E-state index in [0.29, 0.717) is 23.6 Å².